The van der Waals surface area contributed by atoms with Gasteiger partial charge in [0, 0.05) is 21.5 Å². The number of H-pyrrole nitrogens is 1. The van der Waals surface area contributed by atoms with Crippen LogP contribution < -0.4 is 4.74 Å². The predicted molar refractivity (Wildman–Crippen MR) is 94.8 cm³/mol. The van der Waals surface area contributed by atoms with Crippen LogP contribution in [0.5, 0.6) is 5.75 Å². The molecule has 0 bridgehead atoms. The molecule has 0 aliphatic heterocycles. The van der Waals surface area contributed by atoms with Crippen LogP contribution in [0.2, 0.25) is 5.02 Å². The van der Waals surface area contributed by atoms with E-state index in [9.17, 15) is 9.90 Å². The highest BCUT2D eigenvalue weighted by atomic mass is 35.5. The monoisotopic (exact) mass is 343 g/mol. The molecule has 2 N–H and O–H groups in total. The maximum Gasteiger partial charge on any atom is 0.349 e. The van der Waals surface area contributed by atoms with E-state index in [1.54, 1.807) is 24.3 Å². The summed E-state index contributed by atoms with van der Waals surface area (Å²) in [5.41, 5.74) is 2.31. The molecule has 4 nitrogen and oxygen atoms in total. The molecular formula is C19H18ClNO3. The first-order valence-electron chi connectivity index (χ1n) is 7.73. The molecule has 0 fully saturated rings. The zero-order valence-electron chi connectivity index (χ0n) is 13.4. The van der Waals surface area contributed by atoms with Crippen molar-refractivity contribution in [2.45, 2.75) is 25.9 Å². The summed E-state index contributed by atoms with van der Waals surface area (Å²) in [5.74, 6) is -0.313. The van der Waals surface area contributed by atoms with Crippen LogP contribution in [-0.4, -0.2) is 16.1 Å². The highest BCUT2D eigenvalue weighted by molar-refractivity contribution is 6.30. The van der Waals surface area contributed by atoms with E-state index in [1.807, 2.05) is 38.1 Å². The smallest absolute Gasteiger partial charge is 0.349 e. The number of carbonyl (C=O) groups is 1. The highest BCUT2D eigenvalue weighted by Gasteiger charge is 2.26. The van der Waals surface area contributed by atoms with E-state index < -0.39 is 12.1 Å². The van der Waals surface area contributed by atoms with Crippen molar-refractivity contribution in [1.29, 1.82) is 0 Å². The van der Waals surface area contributed by atoms with Gasteiger partial charge in [0.1, 0.15) is 5.75 Å². The van der Waals surface area contributed by atoms with E-state index in [0.717, 1.165) is 16.6 Å². The molecule has 3 aromatic rings. The van der Waals surface area contributed by atoms with E-state index in [-0.39, 0.29) is 5.92 Å². The third-order valence-electron chi connectivity index (χ3n) is 3.87. The Bertz CT molecular complexity index is 885. The van der Waals surface area contributed by atoms with Crippen molar-refractivity contribution in [3.05, 3.63) is 64.8 Å². The van der Waals surface area contributed by atoms with Crippen LogP contribution in [-0.2, 0) is 4.79 Å². The average Bonchev–Trinajstić information content (AvgIpc) is 2.91. The van der Waals surface area contributed by atoms with Gasteiger partial charge in [-0.3, -0.25) is 0 Å². The van der Waals surface area contributed by atoms with Crippen molar-refractivity contribution in [2.24, 2.45) is 0 Å². The molecule has 0 radical (unpaired) electrons. The number of hydrogen-bond donors (Lipinski definition) is 2. The van der Waals surface area contributed by atoms with Gasteiger partial charge >= 0.3 is 5.97 Å². The van der Waals surface area contributed by atoms with Crippen LogP contribution in [0.1, 0.15) is 37.1 Å². The van der Waals surface area contributed by atoms with Crippen molar-refractivity contribution < 1.29 is 14.6 Å². The number of para-hydroxylation sites is 1. The first kappa shape index (κ1) is 16.4. The molecule has 2 aromatic carbocycles. The molecule has 3 rings (SSSR count). The van der Waals surface area contributed by atoms with Gasteiger partial charge in [-0.1, -0.05) is 49.7 Å². The molecule has 1 heterocycles. The summed E-state index contributed by atoms with van der Waals surface area (Å²) in [4.78, 5) is 15.1. The number of aromatic nitrogens is 1. The number of nitrogens with one attached hydrogen (secondary N) is 1. The Hall–Kier alpha value is -2.46. The SMILES string of the molecule is CC(C)c1[nH]c2ccccc2c1OC(C(=O)O)c1cccc(Cl)c1. The molecule has 1 aromatic heterocycles. The Labute approximate surface area is 145 Å². The van der Waals surface area contributed by atoms with Crippen molar-refractivity contribution in [2.75, 3.05) is 0 Å². The van der Waals surface area contributed by atoms with Gasteiger partial charge in [0.05, 0.1) is 5.69 Å². The molecule has 0 saturated carbocycles. The molecular weight excluding hydrogens is 326 g/mol. The number of halogens is 1. The fourth-order valence-electron chi connectivity index (χ4n) is 2.72. The number of rotatable bonds is 5. The number of ether oxygens (including phenoxy) is 1. The minimum absolute atomic E-state index is 0.168. The molecule has 0 aliphatic carbocycles. The minimum Gasteiger partial charge on any atom is -0.478 e. The van der Waals surface area contributed by atoms with E-state index in [0.29, 0.717) is 16.3 Å². The Morgan fingerprint density at radius 1 is 1.17 bits per heavy atom. The second-order valence-corrected chi connectivity index (χ2v) is 6.40. The zero-order valence-corrected chi connectivity index (χ0v) is 14.2. The van der Waals surface area contributed by atoms with Crippen LogP contribution in [0.15, 0.2) is 48.5 Å². The predicted octanol–water partition coefficient (Wildman–Crippen LogP) is 5.15. The fourth-order valence-corrected chi connectivity index (χ4v) is 2.92. The van der Waals surface area contributed by atoms with Gasteiger partial charge in [-0.05, 0) is 30.2 Å². The maximum atomic E-state index is 11.8. The summed E-state index contributed by atoms with van der Waals surface area (Å²) < 4.78 is 5.97. The summed E-state index contributed by atoms with van der Waals surface area (Å²) in [7, 11) is 0. The normalized spacial score (nSPS) is 12.5. The molecule has 1 atom stereocenters. The van der Waals surface area contributed by atoms with Gasteiger partial charge < -0.3 is 14.8 Å². The second kappa shape index (κ2) is 6.57. The van der Waals surface area contributed by atoms with Gasteiger partial charge in [0.25, 0.3) is 0 Å². The molecule has 124 valence electrons. The van der Waals surface area contributed by atoms with Gasteiger partial charge in [0.15, 0.2) is 0 Å². The lowest BCUT2D eigenvalue weighted by Crippen LogP contribution is -2.18. The summed E-state index contributed by atoms with van der Waals surface area (Å²) >= 11 is 6.00. The van der Waals surface area contributed by atoms with Crippen molar-refractivity contribution in [3.8, 4) is 5.75 Å². The summed E-state index contributed by atoms with van der Waals surface area (Å²) in [6.07, 6.45) is -1.12. The lowest BCUT2D eigenvalue weighted by atomic mass is 10.1. The number of aliphatic carboxylic acids is 1. The van der Waals surface area contributed by atoms with Crippen LogP contribution in [0.25, 0.3) is 10.9 Å². The number of carboxylic acids is 1. The molecule has 0 aliphatic rings. The lowest BCUT2D eigenvalue weighted by Gasteiger charge is -2.17. The third-order valence-corrected chi connectivity index (χ3v) is 4.11. The Kier molecular flexibility index (Phi) is 4.49. The Morgan fingerprint density at radius 2 is 1.92 bits per heavy atom. The van der Waals surface area contributed by atoms with E-state index in [1.165, 1.54) is 0 Å². The fraction of sp³-hybridized carbons (Fsp3) is 0.211. The third kappa shape index (κ3) is 3.10. The lowest BCUT2D eigenvalue weighted by molar-refractivity contribution is -0.145. The summed E-state index contributed by atoms with van der Waals surface area (Å²) in [5, 5.41) is 11.0. The van der Waals surface area contributed by atoms with Crippen LogP contribution in [0.4, 0.5) is 0 Å². The molecule has 1 unspecified atom stereocenters. The van der Waals surface area contributed by atoms with Crippen LogP contribution in [0.3, 0.4) is 0 Å². The number of carboxylic acid groups (broad SMARTS) is 1. The van der Waals surface area contributed by atoms with Crippen LogP contribution in [0, 0.1) is 0 Å². The number of hydrogen-bond acceptors (Lipinski definition) is 2. The standard InChI is InChI=1S/C19H18ClNO3/c1-11(2)16-18(14-8-3-4-9-15(14)21-16)24-17(19(22)23)12-6-5-7-13(20)10-12/h3-11,17,21H,1-2H3,(H,22,23). The largest absolute Gasteiger partial charge is 0.478 e. The highest BCUT2D eigenvalue weighted by Crippen LogP contribution is 2.37. The Balaban J connectivity index is 2.09. The summed E-state index contributed by atoms with van der Waals surface area (Å²) in [6, 6.07) is 14.4. The Morgan fingerprint density at radius 3 is 2.58 bits per heavy atom. The number of fused-ring (bicyclic) bond motifs is 1. The van der Waals surface area contributed by atoms with E-state index in [2.05, 4.69) is 4.98 Å². The quantitative estimate of drug-likeness (QED) is 0.673. The molecule has 24 heavy (non-hydrogen) atoms. The summed E-state index contributed by atoms with van der Waals surface area (Å²) in [6.45, 7) is 4.07. The van der Waals surface area contributed by atoms with Gasteiger partial charge in [-0.15, -0.1) is 0 Å². The maximum absolute atomic E-state index is 11.8. The van der Waals surface area contributed by atoms with Crippen LogP contribution >= 0.6 is 11.6 Å². The first-order chi connectivity index (χ1) is 11.5. The molecule has 0 amide bonds. The molecule has 5 heteroatoms. The topological polar surface area (TPSA) is 62.3 Å². The molecule has 0 saturated heterocycles. The number of benzene rings is 2. The van der Waals surface area contributed by atoms with Gasteiger partial charge in [0.2, 0.25) is 6.10 Å². The van der Waals surface area contributed by atoms with Crippen molar-refractivity contribution in [1.82, 2.24) is 4.98 Å². The number of aromatic amines is 1. The van der Waals surface area contributed by atoms with Crippen molar-refractivity contribution in [3.63, 3.8) is 0 Å². The van der Waals surface area contributed by atoms with Gasteiger partial charge in [-0.25, -0.2) is 4.79 Å². The average molecular weight is 344 g/mol. The second-order valence-electron chi connectivity index (χ2n) is 5.96. The zero-order chi connectivity index (χ0) is 17.3. The van der Waals surface area contributed by atoms with E-state index in [4.69, 9.17) is 16.3 Å². The molecule has 0 spiro atoms. The minimum atomic E-state index is -1.12. The van der Waals surface area contributed by atoms with E-state index >= 15 is 0 Å². The van der Waals surface area contributed by atoms with Crippen molar-refractivity contribution >= 4 is 28.5 Å². The first-order valence-corrected chi connectivity index (χ1v) is 8.10. The van der Waals surface area contributed by atoms with Gasteiger partial charge in [-0.2, -0.15) is 0 Å².